The molecule has 108 valence electrons. The molecule has 0 aliphatic heterocycles. The van der Waals surface area contributed by atoms with E-state index in [-0.39, 0.29) is 4.90 Å². The molecule has 0 aliphatic carbocycles. The van der Waals surface area contributed by atoms with Gasteiger partial charge in [0.25, 0.3) is 10.1 Å². The number of benzene rings is 1. The molecule has 1 heterocycles. The lowest BCUT2D eigenvalue weighted by Crippen LogP contribution is -2.04. The Balaban J connectivity index is 0.000000240. The molecular formula is C14H18N2O3S. The van der Waals surface area contributed by atoms with Gasteiger partial charge in [0.05, 0.1) is 4.90 Å². The van der Waals surface area contributed by atoms with Crippen LogP contribution in [0.3, 0.4) is 0 Å². The molecule has 0 saturated carbocycles. The molecule has 0 amide bonds. The summed E-state index contributed by atoms with van der Waals surface area (Å²) in [5.41, 5.74) is 8.23. The smallest absolute Gasteiger partial charge is 0.295 e. The molecule has 6 heteroatoms. The fourth-order valence-corrected chi connectivity index (χ4v) is 2.87. The molecule has 0 radical (unpaired) electrons. The van der Waals surface area contributed by atoms with Crippen LogP contribution in [0.5, 0.6) is 0 Å². The van der Waals surface area contributed by atoms with Gasteiger partial charge in [-0.1, -0.05) is 17.7 Å². The fourth-order valence-electron chi connectivity index (χ4n) is 1.94. The molecule has 0 saturated heterocycles. The second-order valence-electron chi connectivity index (χ2n) is 4.48. The molecule has 2 rings (SSSR count). The quantitative estimate of drug-likeness (QED) is 0.788. The van der Waals surface area contributed by atoms with E-state index in [0.29, 0.717) is 11.1 Å². The van der Waals surface area contributed by atoms with Crippen LogP contribution in [0.2, 0.25) is 0 Å². The van der Waals surface area contributed by atoms with Crippen molar-refractivity contribution in [3.63, 3.8) is 0 Å². The van der Waals surface area contributed by atoms with Crippen molar-refractivity contribution in [2.75, 3.05) is 5.73 Å². The fraction of sp³-hybridized carbons (Fsp3) is 0.214. The molecule has 0 aliphatic rings. The first-order valence-corrected chi connectivity index (χ1v) is 7.36. The highest BCUT2D eigenvalue weighted by Crippen LogP contribution is 2.20. The molecule has 0 atom stereocenters. The third kappa shape index (κ3) is 4.64. The van der Waals surface area contributed by atoms with E-state index < -0.39 is 10.1 Å². The summed E-state index contributed by atoms with van der Waals surface area (Å²) in [6.07, 6.45) is 3.32. The number of nitrogens with zero attached hydrogens (tertiary/aromatic N) is 1. The first-order valence-electron chi connectivity index (χ1n) is 5.92. The third-order valence-corrected chi connectivity index (χ3v) is 3.73. The van der Waals surface area contributed by atoms with Crippen molar-refractivity contribution in [3.05, 3.63) is 53.3 Å². The molecule has 1 aromatic heterocycles. The van der Waals surface area contributed by atoms with Crippen molar-refractivity contribution in [3.8, 4) is 0 Å². The predicted molar refractivity (Wildman–Crippen MR) is 79.1 cm³/mol. The van der Waals surface area contributed by atoms with Crippen LogP contribution in [0.15, 0.2) is 41.6 Å². The minimum absolute atomic E-state index is 0.0260. The lowest BCUT2D eigenvalue weighted by Gasteiger charge is -2.07. The largest absolute Gasteiger partial charge is 0.399 e. The maximum absolute atomic E-state index is 10.9. The average molecular weight is 294 g/mol. The monoisotopic (exact) mass is 294 g/mol. The number of rotatable bonds is 1. The predicted octanol–water partition coefficient (Wildman–Crippen LogP) is 2.52. The van der Waals surface area contributed by atoms with Crippen molar-refractivity contribution in [2.24, 2.45) is 0 Å². The van der Waals surface area contributed by atoms with Crippen molar-refractivity contribution < 1.29 is 13.0 Å². The number of pyridine rings is 1. The maximum Gasteiger partial charge on any atom is 0.295 e. The zero-order valence-corrected chi connectivity index (χ0v) is 12.5. The second kappa shape index (κ2) is 6.49. The molecule has 0 unspecified atom stereocenters. The van der Waals surface area contributed by atoms with Gasteiger partial charge >= 0.3 is 0 Å². The zero-order chi connectivity index (χ0) is 15.3. The highest BCUT2D eigenvalue weighted by atomic mass is 32.2. The minimum atomic E-state index is -4.08. The first kappa shape index (κ1) is 16.1. The summed E-state index contributed by atoms with van der Waals surface area (Å²) in [6, 6.07) is 6.96. The van der Waals surface area contributed by atoms with Crippen molar-refractivity contribution in [1.29, 1.82) is 0 Å². The summed E-state index contributed by atoms with van der Waals surface area (Å²) < 4.78 is 30.8. The highest BCUT2D eigenvalue weighted by molar-refractivity contribution is 7.86. The van der Waals surface area contributed by atoms with Gasteiger partial charge in [-0.3, -0.25) is 9.54 Å². The number of anilines is 1. The van der Waals surface area contributed by atoms with E-state index in [1.165, 1.54) is 0 Å². The Morgan fingerprint density at radius 1 is 1.05 bits per heavy atom. The van der Waals surface area contributed by atoms with E-state index in [1.807, 2.05) is 6.92 Å². The van der Waals surface area contributed by atoms with Crippen LogP contribution in [-0.4, -0.2) is 18.0 Å². The van der Waals surface area contributed by atoms with Crippen molar-refractivity contribution >= 4 is 15.8 Å². The van der Waals surface area contributed by atoms with E-state index >= 15 is 0 Å². The average Bonchev–Trinajstić information content (AvgIpc) is 2.27. The lowest BCUT2D eigenvalue weighted by molar-refractivity contribution is 0.482. The topological polar surface area (TPSA) is 93.3 Å². The summed E-state index contributed by atoms with van der Waals surface area (Å²) >= 11 is 0. The van der Waals surface area contributed by atoms with Crippen LogP contribution in [0.4, 0.5) is 5.69 Å². The van der Waals surface area contributed by atoms with E-state index in [2.05, 4.69) is 4.98 Å². The van der Waals surface area contributed by atoms with Crippen LogP contribution >= 0.6 is 0 Å². The zero-order valence-electron chi connectivity index (χ0n) is 11.7. The number of hydrogen-bond donors (Lipinski definition) is 2. The van der Waals surface area contributed by atoms with E-state index in [0.717, 1.165) is 11.3 Å². The standard InChI is InChI=1S/C9H12O3S.C5H6N2/c1-6-4-7(2)9(8(3)5-6)13(10,11)12;6-5-1-3-7-4-2-5/h4-5H,1-3H3,(H,10,11,12);1-4H,(H2,6,7). The molecule has 5 nitrogen and oxygen atoms in total. The van der Waals surface area contributed by atoms with E-state index in [4.69, 9.17) is 10.3 Å². The van der Waals surface area contributed by atoms with E-state index in [1.54, 1.807) is 50.5 Å². The summed E-state index contributed by atoms with van der Waals surface area (Å²) in [5, 5.41) is 0. The lowest BCUT2D eigenvalue weighted by atomic mass is 10.1. The van der Waals surface area contributed by atoms with Crippen LogP contribution in [0, 0.1) is 20.8 Å². The molecule has 1 aromatic carbocycles. The summed E-state index contributed by atoms with van der Waals surface area (Å²) in [5.74, 6) is 0. The summed E-state index contributed by atoms with van der Waals surface area (Å²) in [7, 11) is -4.08. The van der Waals surface area contributed by atoms with Gasteiger partial charge < -0.3 is 5.73 Å². The van der Waals surface area contributed by atoms with Crippen molar-refractivity contribution in [2.45, 2.75) is 25.7 Å². The van der Waals surface area contributed by atoms with E-state index in [9.17, 15) is 8.42 Å². The van der Waals surface area contributed by atoms with Gasteiger partial charge in [-0.25, -0.2) is 0 Å². The van der Waals surface area contributed by atoms with Crippen LogP contribution in [0.25, 0.3) is 0 Å². The molecule has 0 spiro atoms. The van der Waals surface area contributed by atoms with Gasteiger partial charge in [0, 0.05) is 18.1 Å². The summed E-state index contributed by atoms with van der Waals surface area (Å²) in [4.78, 5) is 3.79. The Hall–Kier alpha value is -1.92. The van der Waals surface area contributed by atoms with Gasteiger partial charge in [-0.15, -0.1) is 0 Å². The molecule has 20 heavy (non-hydrogen) atoms. The number of nitrogens with two attached hydrogens (primary N) is 1. The normalized spacial score (nSPS) is 10.6. The molecule has 2 aromatic rings. The van der Waals surface area contributed by atoms with Gasteiger partial charge in [0.15, 0.2) is 0 Å². The number of aryl methyl sites for hydroxylation is 3. The SMILES string of the molecule is Cc1cc(C)c(S(=O)(=O)O)c(C)c1.Nc1ccncc1. The molecular weight excluding hydrogens is 276 g/mol. The second-order valence-corrected chi connectivity index (χ2v) is 5.84. The van der Waals surface area contributed by atoms with Crippen LogP contribution < -0.4 is 5.73 Å². The number of aromatic nitrogens is 1. The van der Waals surface area contributed by atoms with Crippen molar-refractivity contribution in [1.82, 2.24) is 4.98 Å². The van der Waals surface area contributed by atoms with Gasteiger partial charge in [-0.05, 0) is 44.0 Å². The minimum Gasteiger partial charge on any atom is -0.399 e. The summed E-state index contributed by atoms with van der Waals surface area (Å²) in [6.45, 7) is 5.22. The molecule has 0 fully saturated rings. The Kier molecular flexibility index (Phi) is 5.24. The Labute approximate surface area is 119 Å². The Morgan fingerprint density at radius 2 is 1.50 bits per heavy atom. The van der Waals surface area contributed by atoms with Crippen LogP contribution in [0.1, 0.15) is 16.7 Å². The maximum atomic E-state index is 10.9. The third-order valence-electron chi connectivity index (χ3n) is 2.57. The number of hydrogen-bond acceptors (Lipinski definition) is 4. The molecule has 0 bridgehead atoms. The highest BCUT2D eigenvalue weighted by Gasteiger charge is 2.15. The van der Waals surface area contributed by atoms with Crippen LogP contribution in [-0.2, 0) is 10.1 Å². The Bertz CT molecular complexity index is 660. The van der Waals surface area contributed by atoms with Gasteiger partial charge in [-0.2, -0.15) is 8.42 Å². The number of nitrogen functional groups attached to an aromatic ring is 1. The van der Waals surface area contributed by atoms with Gasteiger partial charge in [0.1, 0.15) is 0 Å². The van der Waals surface area contributed by atoms with Gasteiger partial charge in [0.2, 0.25) is 0 Å². The molecule has 3 N–H and O–H groups in total. The first-order chi connectivity index (χ1) is 9.21. The Morgan fingerprint density at radius 3 is 1.80 bits per heavy atom.